The van der Waals surface area contributed by atoms with Gasteiger partial charge in [-0.2, -0.15) is 0 Å². The van der Waals surface area contributed by atoms with E-state index in [1.807, 2.05) is 13.8 Å². The number of nitro groups is 1. The highest BCUT2D eigenvalue weighted by molar-refractivity contribution is 7.16. The van der Waals surface area contributed by atoms with Gasteiger partial charge in [-0.3, -0.25) is 19.7 Å². The lowest BCUT2D eigenvalue weighted by Gasteiger charge is -2.06. The molecular weight excluding hydrogens is 330 g/mol. The number of primary amides is 1. The summed E-state index contributed by atoms with van der Waals surface area (Å²) in [6, 6.07) is 4.23. The monoisotopic (exact) mass is 347 g/mol. The molecule has 0 saturated carbocycles. The zero-order valence-electron chi connectivity index (χ0n) is 13.5. The van der Waals surface area contributed by atoms with E-state index in [9.17, 15) is 19.7 Å². The number of rotatable bonds is 5. The summed E-state index contributed by atoms with van der Waals surface area (Å²) >= 11 is 1.26. The van der Waals surface area contributed by atoms with Crippen LogP contribution >= 0.6 is 11.3 Å². The van der Waals surface area contributed by atoms with Gasteiger partial charge >= 0.3 is 0 Å². The fourth-order valence-electron chi connectivity index (χ4n) is 2.48. The zero-order chi connectivity index (χ0) is 18.0. The van der Waals surface area contributed by atoms with Crippen molar-refractivity contribution in [2.45, 2.75) is 27.2 Å². The van der Waals surface area contributed by atoms with E-state index in [1.54, 1.807) is 6.92 Å². The van der Waals surface area contributed by atoms with Crippen molar-refractivity contribution in [2.75, 3.05) is 5.32 Å². The van der Waals surface area contributed by atoms with Crippen molar-refractivity contribution >= 4 is 33.8 Å². The highest BCUT2D eigenvalue weighted by atomic mass is 32.1. The lowest BCUT2D eigenvalue weighted by Crippen LogP contribution is -2.18. The number of nitrogens with zero attached hydrogens (tertiary/aromatic N) is 1. The third-order valence-electron chi connectivity index (χ3n) is 3.70. The van der Waals surface area contributed by atoms with E-state index in [4.69, 9.17) is 5.73 Å². The first-order valence-corrected chi connectivity index (χ1v) is 8.06. The molecule has 0 bridgehead atoms. The number of aryl methyl sites for hydroxylation is 2. The summed E-state index contributed by atoms with van der Waals surface area (Å²) in [7, 11) is 0. The van der Waals surface area contributed by atoms with Crippen LogP contribution in [-0.2, 0) is 6.42 Å². The lowest BCUT2D eigenvalue weighted by atomic mass is 10.1. The Bertz CT molecular complexity index is 842. The second-order valence-electron chi connectivity index (χ2n) is 5.27. The maximum absolute atomic E-state index is 12.4. The number of carbonyl (C=O) groups is 2. The molecule has 1 aromatic heterocycles. The molecule has 7 nitrogen and oxygen atoms in total. The van der Waals surface area contributed by atoms with Crippen LogP contribution in [-0.4, -0.2) is 16.7 Å². The number of thiophene rings is 1. The predicted octanol–water partition coefficient (Wildman–Crippen LogP) is 3.19. The first-order valence-electron chi connectivity index (χ1n) is 7.24. The van der Waals surface area contributed by atoms with E-state index in [-0.39, 0.29) is 11.3 Å². The first-order chi connectivity index (χ1) is 11.3. The molecule has 0 aliphatic carbocycles. The largest absolute Gasteiger partial charge is 0.365 e. The standard InChI is InChI=1S/C16H17N3O4S/c1-4-11-9(3)24-16(13(11)14(17)20)18-15(21)10-6-5-8(2)12(7-10)19(22)23/h5-7H,4H2,1-3H3,(H2,17,20)(H,18,21). The van der Waals surface area contributed by atoms with Gasteiger partial charge in [0.1, 0.15) is 5.00 Å². The van der Waals surface area contributed by atoms with Gasteiger partial charge in [0.2, 0.25) is 0 Å². The highest BCUT2D eigenvalue weighted by Gasteiger charge is 2.22. The molecule has 1 heterocycles. The normalized spacial score (nSPS) is 10.5. The predicted molar refractivity (Wildman–Crippen MR) is 92.7 cm³/mol. The molecule has 126 valence electrons. The minimum Gasteiger partial charge on any atom is -0.365 e. The molecule has 8 heteroatoms. The van der Waals surface area contributed by atoms with E-state index in [1.165, 1.54) is 29.5 Å². The summed E-state index contributed by atoms with van der Waals surface area (Å²) in [5, 5.41) is 14.0. The molecule has 2 aromatic rings. The fourth-order valence-corrected chi connectivity index (χ4v) is 3.62. The Hall–Kier alpha value is -2.74. The maximum atomic E-state index is 12.4. The second-order valence-corrected chi connectivity index (χ2v) is 6.50. The quantitative estimate of drug-likeness (QED) is 0.638. The average Bonchev–Trinajstić information content (AvgIpc) is 2.82. The van der Waals surface area contributed by atoms with Gasteiger partial charge in [-0.15, -0.1) is 11.3 Å². The van der Waals surface area contributed by atoms with Gasteiger partial charge in [-0.05, 0) is 31.9 Å². The van der Waals surface area contributed by atoms with E-state index >= 15 is 0 Å². The van der Waals surface area contributed by atoms with Crippen molar-refractivity contribution in [2.24, 2.45) is 5.73 Å². The van der Waals surface area contributed by atoms with Crippen molar-refractivity contribution in [1.82, 2.24) is 0 Å². The van der Waals surface area contributed by atoms with Gasteiger partial charge < -0.3 is 11.1 Å². The molecule has 0 unspecified atom stereocenters. The third kappa shape index (κ3) is 3.28. The summed E-state index contributed by atoms with van der Waals surface area (Å²) in [6.45, 7) is 5.35. The minimum atomic E-state index is -0.610. The molecular formula is C16H17N3O4S. The van der Waals surface area contributed by atoms with Crippen LogP contribution in [0.25, 0.3) is 0 Å². The van der Waals surface area contributed by atoms with Gasteiger partial charge in [0.15, 0.2) is 0 Å². The summed E-state index contributed by atoms with van der Waals surface area (Å²) in [5.74, 6) is -1.13. The van der Waals surface area contributed by atoms with Gasteiger partial charge in [-0.25, -0.2) is 0 Å². The number of anilines is 1. The summed E-state index contributed by atoms with van der Waals surface area (Å²) < 4.78 is 0. The Kier molecular flexibility index (Phi) is 4.99. The summed E-state index contributed by atoms with van der Waals surface area (Å²) in [6.07, 6.45) is 0.618. The smallest absolute Gasteiger partial charge is 0.273 e. The molecule has 24 heavy (non-hydrogen) atoms. The van der Waals surface area contributed by atoms with Crippen LogP contribution < -0.4 is 11.1 Å². The number of hydrogen-bond acceptors (Lipinski definition) is 5. The number of hydrogen-bond donors (Lipinski definition) is 2. The number of amides is 2. The Balaban J connectivity index is 2.39. The van der Waals surface area contributed by atoms with Gasteiger partial charge in [0, 0.05) is 22.1 Å². The van der Waals surface area contributed by atoms with Crippen molar-refractivity contribution < 1.29 is 14.5 Å². The van der Waals surface area contributed by atoms with E-state index < -0.39 is 16.7 Å². The van der Waals surface area contributed by atoms with Gasteiger partial charge in [0.05, 0.1) is 10.5 Å². The number of nitro benzene ring substituents is 1. The van der Waals surface area contributed by atoms with Crippen LogP contribution in [0.15, 0.2) is 18.2 Å². The van der Waals surface area contributed by atoms with Crippen LogP contribution in [0.3, 0.4) is 0 Å². The van der Waals surface area contributed by atoms with Crippen LogP contribution in [0.4, 0.5) is 10.7 Å². The van der Waals surface area contributed by atoms with Crippen LogP contribution in [0.2, 0.25) is 0 Å². The molecule has 2 amide bonds. The maximum Gasteiger partial charge on any atom is 0.273 e. The number of nitrogens with one attached hydrogen (secondary N) is 1. The van der Waals surface area contributed by atoms with Gasteiger partial charge in [-0.1, -0.05) is 13.0 Å². The van der Waals surface area contributed by atoms with E-state index in [2.05, 4.69) is 5.32 Å². The number of carbonyl (C=O) groups excluding carboxylic acids is 2. The first kappa shape index (κ1) is 17.6. The number of benzene rings is 1. The van der Waals surface area contributed by atoms with Crippen LogP contribution in [0, 0.1) is 24.0 Å². The Labute approximate surface area is 142 Å². The fraction of sp³-hybridized carbons (Fsp3) is 0.250. The molecule has 2 rings (SSSR count). The molecule has 0 radical (unpaired) electrons. The van der Waals surface area contributed by atoms with Crippen LogP contribution in [0.5, 0.6) is 0 Å². The topological polar surface area (TPSA) is 115 Å². The lowest BCUT2D eigenvalue weighted by molar-refractivity contribution is -0.385. The van der Waals surface area contributed by atoms with Gasteiger partial charge in [0.25, 0.3) is 17.5 Å². The molecule has 0 spiro atoms. The molecule has 0 saturated heterocycles. The Morgan fingerprint density at radius 2 is 2.00 bits per heavy atom. The second kappa shape index (κ2) is 6.79. The number of nitrogens with two attached hydrogens (primary N) is 1. The molecule has 1 aromatic carbocycles. The summed E-state index contributed by atoms with van der Waals surface area (Å²) in [4.78, 5) is 35.5. The Morgan fingerprint density at radius 3 is 2.54 bits per heavy atom. The SMILES string of the molecule is CCc1c(C)sc(NC(=O)c2ccc(C)c([N+](=O)[O-])c2)c1C(N)=O. The van der Waals surface area contributed by atoms with Crippen molar-refractivity contribution in [3.63, 3.8) is 0 Å². The molecule has 0 aliphatic rings. The zero-order valence-corrected chi connectivity index (χ0v) is 14.3. The van der Waals surface area contributed by atoms with Crippen molar-refractivity contribution in [3.05, 3.63) is 55.4 Å². The summed E-state index contributed by atoms with van der Waals surface area (Å²) in [5.41, 5.74) is 7.02. The molecule has 3 N–H and O–H groups in total. The minimum absolute atomic E-state index is 0.130. The van der Waals surface area contributed by atoms with E-state index in [0.717, 1.165) is 10.4 Å². The third-order valence-corrected chi connectivity index (χ3v) is 4.77. The average molecular weight is 347 g/mol. The van der Waals surface area contributed by atoms with E-state index in [0.29, 0.717) is 22.5 Å². The van der Waals surface area contributed by atoms with Crippen molar-refractivity contribution in [3.8, 4) is 0 Å². The van der Waals surface area contributed by atoms with Crippen LogP contribution in [0.1, 0.15) is 43.6 Å². The molecule has 0 aliphatic heterocycles. The molecule has 0 fully saturated rings. The molecule has 0 atom stereocenters. The Morgan fingerprint density at radius 1 is 1.33 bits per heavy atom. The highest BCUT2D eigenvalue weighted by Crippen LogP contribution is 2.33. The van der Waals surface area contributed by atoms with Crippen molar-refractivity contribution in [1.29, 1.82) is 0 Å².